The van der Waals surface area contributed by atoms with E-state index in [1.807, 2.05) is 6.07 Å². The number of hydrogen-bond donors (Lipinski definition) is 0. The smallest absolute Gasteiger partial charge is 0.207 e. The van der Waals surface area contributed by atoms with Gasteiger partial charge in [-0.1, -0.05) is 50.0 Å². The van der Waals surface area contributed by atoms with Crippen molar-refractivity contribution in [2.24, 2.45) is 0 Å². The van der Waals surface area contributed by atoms with Crippen molar-refractivity contribution in [2.45, 2.75) is 51.7 Å². The lowest BCUT2D eigenvalue weighted by molar-refractivity contribution is 0.0878. The fourth-order valence-electron chi connectivity index (χ4n) is 3.14. The molecule has 136 valence electrons. The van der Waals surface area contributed by atoms with E-state index in [-0.39, 0.29) is 0 Å². The number of piperidine rings is 1. The molecule has 0 N–H and O–H groups in total. The Balaban J connectivity index is 1.75. The van der Waals surface area contributed by atoms with E-state index in [9.17, 15) is 0 Å². The average molecular weight is 358 g/mol. The summed E-state index contributed by atoms with van der Waals surface area (Å²) in [6.45, 7) is 10.8. The molecule has 0 atom stereocenters. The summed E-state index contributed by atoms with van der Waals surface area (Å²) in [4.78, 5) is 7.36. The Morgan fingerprint density at radius 2 is 1.76 bits per heavy atom. The summed E-state index contributed by atoms with van der Waals surface area (Å²) in [7, 11) is -1.05. The van der Waals surface area contributed by atoms with Gasteiger partial charge in [-0.25, -0.2) is 4.98 Å². The lowest BCUT2D eigenvalue weighted by Gasteiger charge is -2.28. The van der Waals surface area contributed by atoms with Crippen molar-refractivity contribution in [1.29, 1.82) is 0 Å². The van der Waals surface area contributed by atoms with Crippen molar-refractivity contribution in [3.63, 3.8) is 0 Å². The molecule has 3 rings (SSSR count). The Labute approximate surface area is 152 Å². The fraction of sp³-hybridized carbons (Fsp3) is 0.550. The highest BCUT2D eigenvalue weighted by molar-refractivity contribution is 6.76. The zero-order chi connectivity index (χ0) is 17.7. The second-order valence-corrected chi connectivity index (χ2v) is 13.8. The van der Waals surface area contributed by atoms with Crippen LogP contribution in [-0.2, 0) is 11.5 Å². The number of ether oxygens (including phenoxy) is 1. The van der Waals surface area contributed by atoms with Crippen molar-refractivity contribution < 1.29 is 4.74 Å². The molecule has 0 spiro atoms. The van der Waals surface area contributed by atoms with Gasteiger partial charge >= 0.3 is 0 Å². The highest BCUT2D eigenvalue weighted by Gasteiger charge is 2.19. The predicted octanol–water partition coefficient (Wildman–Crippen LogP) is 4.85. The minimum absolute atomic E-state index is 0.593. The van der Waals surface area contributed by atoms with Crippen molar-refractivity contribution in [1.82, 2.24) is 9.55 Å². The quantitative estimate of drug-likeness (QED) is 0.524. The lowest BCUT2D eigenvalue weighted by atomic mass is 10.1. The maximum atomic E-state index is 6.01. The number of hydrogen-bond acceptors (Lipinski definition) is 3. The summed E-state index contributed by atoms with van der Waals surface area (Å²) >= 11 is 0. The zero-order valence-corrected chi connectivity index (χ0v) is 16.9. The molecule has 1 saturated heterocycles. The van der Waals surface area contributed by atoms with Gasteiger partial charge in [0.05, 0.1) is 5.69 Å². The molecule has 1 aromatic heterocycles. The van der Waals surface area contributed by atoms with Crippen LogP contribution in [0.2, 0.25) is 25.7 Å². The normalized spacial score (nSPS) is 15.6. The van der Waals surface area contributed by atoms with Gasteiger partial charge in [0.1, 0.15) is 6.73 Å². The monoisotopic (exact) mass is 357 g/mol. The first-order valence-electron chi connectivity index (χ1n) is 9.48. The van der Waals surface area contributed by atoms with Crippen molar-refractivity contribution in [3.05, 3.63) is 36.5 Å². The Hall–Kier alpha value is -1.59. The van der Waals surface area contributed by atoms with Gasteiger partial charge in [0.25, 0.3) is 0 Å². The average Bonchev–Trinajstić information content (AvgIpc) is 3.04. The molecule has 1 aliphatic heterocycles. The highest BCUT2D eigenvalue weighted by atomic mass is 28.3. The minimum Gasteiger partial charge on any atom is -0.361 e. The van der Waals surface area contributed by atoms with E-state index < -0.39 is 8.07 Å². The fourth-order valence-corrected chi connectivity index (χ4v) is 3.89. The minimum atomic E-state index is -1.05. The van der Waals surface area contributed by atoms with Crippen LogP contribution in [0.1, 0.15) is 19.3 Å². The van der Waals surface area contributed by atoms with Gasteiger partial charge in [0, 0.05) is 39.5 Å². The molecule has 4 nitrogen and oxygen atoms in total. The topological polar surface area (TPSA) is 30.3 Å². The molecule has 2 aromatic rings. The maximum Gasteiger partial charge on any atom is 0.207 e. The number of aromatic nitrogens is 2. The Morgan fingerprint density at radius 1 is 1.04 bits per heavy atom. The third-order valence-electron chi connectivity index (χ3n) is 4.69. The number of nitrogens with zero attached hydrogens (tertiary/aromatic N) is 3. The van der Waals surface area contributed by atoms with Crippen LogP contribution in [0, 0.1) is 0 Å². The lowest BCUT2D eigenvalue weighted by Crippen LogP contribution is -2.32. The molecule has 1 aromatic carbocycles. The van der Waals surface area contributed by atoms with Crippen molar-refractivity contribution in [3.8, 4) is 11.3 Å². The summed E-state index contributed by atoms with van der Waals surface area (Å²) < 4.78 is 8.20. The summed E-state index contributed by atoms with van der Waals surface area (Å²) in [6.07, 6.45) is 5.98. The zero-order valence-electron chi connectivity index (χ0n) is 15.9. The summed E-state index contributed by atoms with van der Waals surface area (Å²) in [5.41, 5.74) is 2.21. The van der Waals surface area contributed by atoms with Crippen molar-refractivity contribution in [2.75, 3.05) is 24.6 Å². The van der Waals surface area contributed by atoms with Gasteiger partial charge in [0.15, 0.2) is 0 Å². The van der Waals surface area contributed by atoms with E-state index in [1.165, 1.54) is 30.9 Å². The van der Waals surface area contributed by atoms with E-state index in [4.69, 9.17) is 9.72 Å². The summed E-state index contributed by atoms with van der Waals surface area (Å²) in [6, 6.07) is 11.6. The Bertz CT molecular complexity index is 657. The van der Waals surface area contributed by atoms with E-state index >= 15 is 0 Å². The van der Waals surface area contributed by atoms with E-state index in [0.29, 0.717) is 6.73 Å². The van der Waals surface area contributed by atoms with E-state index in [0.717, 1.165) is 31.3 Å². The van der Waals surface area contributed by atoms with Crippen LogP contribution in [-0.4, -0.2) is 37.3 Å². The summed E-state index contributed by atoms with van der Waals surface area (Å²) in [5.74, 6) is 1.06. The van der Waals surface area contributed by atoms with Gasteiger partial charge in [-0.05, 0) is 25.3 Å². The highest BCUT2D eigenvalue weighted by Crippen LogP contribution is 2.25. The van der Waals surface area contributed by atoms with Gasteiger partial charge in [0.2, 0.25) is 5.95 Å². The molecule has 0 radical (unpaired) electrons. The molecule has 1 aliphatic rings. The van der Waals surface area contributed by atoms with Crippen LogP contribution >= 0.6 is 0 Å². The molecule has 25 heavy (non-hydrogen) atoms. The van der Waals surface area contributed by atoms with Gasteiger partial charge in [-0.3, -0.25) is 4.57 Å². The van der Waals surface area contributed by atoms with Crippen LogP contribution in [0.3, 0.4) is 0 Å². The molecule has 0 saturated carbocycles. The number of anilines is 1. The second kappa shape index (κ2) is 8.19. The maximum absolute atomic E-state index is 6.01. The summed E-state index contributed by atoms with van der Waals surface area (Å²) in [5, 5.41) is 0. The van der Waals surface area contributed by atoms with Gasteiger partial charge < -0.3 is 9.64 Å². The molecular weight excluding hydrogens is 326 g/mol. The van der Waals surface area contributed by atoms with Crippen LogP contribution in [0.4, 0.5) is 5.95 Å². The van der Waals surface area contributed by atoms with E-state index in [1.54, 1.807) is 0 Å². The molecule has 5 heteroatoms. The molecule has 2 heterocycles. The van der Waals surface area contributed by atoms with Crippen molar-refractivity contribution >= 4 is 14.0 Å². The number of benzene rings is 1. The molecule has 0 amide bonds. The van der Waals surface area contributed by atoms with Gasteiger partial charge in [-0.2, -0.15) is 0 Å². The second-order valence-electron chi connectivity index (χ2n) is 8.16. The third-order valence-corrected chi connectivity index (χ3v) is 6.39. The first-order chi connectivity index (χ1) is 12.0. The largest absolute Gasteiger partial charge is 0.361 e. The number of imidazole rings is 1. The Kier molecular flexibility index (Phi) is 5.96. The molecule has 1 fully saturated rings. The van der Waals surface area contributed by atoms with Crippen LogP contribution < -0.4 is 4.90 Å². The standard InChI is InChI=1S/C20H31N3OSi/c1-25(2,3)15-14-24-17-23-16-19(18-10-6-4-7-11-18)21-20(23)22-12-8-5-9-13-22/h4,6-7,10-11,16H,5,8-9,12-15,17H2,1-3H3. The van der Waals surface area contributed by atoms with Crippen LogP contribution in [0.5, 0.6) is 0 Å². The van der Waals surface area contributed by atoms with E-state index in [2.05, 4.69) is 59.6 Å². The van der Waals surface area contributed by atoms with Gasteiger partial charge in [-0.15, -0.1) is 0 Å². The predicted molar refractivity (Wildman–Crippen MR) is 108 cm³/mol. The third kappa shape index (κ3) is 5.19. The Morgan fingerprint density at radius 3 is 2.44 bits per heavy atom. The van der Waals surface area contributed by atoms with Crippen LogP contribution in [0.15, 0.2) is 36.5 Å². The molecule has 0 aliphatic carbocycles. The first kappa shape index (κ1) is 18.2. The van der Waals surface area contributed by atoms with Crippen LogP contribution in [0.25, 0.3) is 11.3 Å². The number of rotatable bonds is 7. The molecule has 0 unspecified atom stereocenters. The SMILES string of the molecule is C[Si](C)(C)CCOCn1cc(-c2ccccc2)nc1N1CCCCC1. The molecule has 0 bridgehead atoms. The first-order valence-corrected chi connectivity index (χ1v) is 13.2. The molecular formula is C20H31N3OSi.